The number of aromatic nitrogens is 1. The van der Waals surface area contributed by atoms with Crippen molar-refractivity contribution in [3.05, 3.63) is 15.6 Å². The third-order valence-electron chi connectivity index (χ3n) is 3.16. The number of thiazole rings is 1. The summed E-state index contributed by atoms with van der Waals surface area (Å²) in [7, 11) is 3.55. The zero-order chi connectivity index (χ0) is 12.4. The van der Waals surface area contributed by atoms with E-state index in [9.17, 15) is 4.79 Å². The molecule has 0 saturated carbocycles. The molecule has 1 aliphatic rings. The van der Waals surface area contributed by atoms with Crippen LogP contribution in [-0.4, -0.2) is 43.1 Å². The second-order valence-corrected chi connectivity index (χ2v) is 5.59. The first-order valence-corrected chi connectivity index (χ1v) is 6.67. The van der Waals surface area contributed by atoms with E-state index in [2.05, 4.69) is 16.9 Å². The normalized spacial score (nSPS) is 21.5. The highest BCUT2D eigenvalue weighted by atomic mass is 32.1. The predicted molar refractivity (Wildman–Crippen MR) is 67.7 cm³/mol. The van der Waals surface area contributed by atoms with Crippen LogP contribution < -0.4 is 0 Å². The molecule has 1 saturated heterocycles. The Bertz CT molecular complexity index is 417. The first-order valence-electron chi connectivity index (χ1n) is 5.86. The van der Waals surface area contributed by atoms with E-state index in [1.54, 1.807) is 0 Å². The number of ether oxygens (including phenoxy) is 1. The van der Waals surface area contributed by atoms with Crippen LogP contribution >= 0.6 is 11.3 Å². The molecule has 2 rings (SSSR count). The van der Waals surface area contributed by atoms with Crippen molar-refractivity contribution in [2.45, 2.75) is 25.7 Å². The second kappa shape index (κ2) is 5.14. The molecule has 0 aliphatic carbocycles. The van der Waals surface area contributed by atoms with Crippen molar-refractivity contribution in [3.8, 4) is 0 Å². The molecule has 1 aromatic heterocycles. The molecule has 0 radical (unpaired) electrons. The fourth-order valence-electron chi connectivity index (χ4n) is 2.24. The minimum atomic E-state index is -0.268. The van der Waals surface area contributed by atoms with Gasteiger partial charge in [-0.3, -0.25) is 0 Å². The first kappa shape index (κ1) is 12.5. The van der Waals surface area contributed by atoms with Crippen molar-refractivity contribution >= 4 is 17.3 Å². The Hall–Kier alpha value is -0.940. The van der Waals surface area contributed by atoms with Gasteiger partial charge in [0.1, 0.15) is 4.88 Å². The molecule has 0 amide bonds. The molecular weight excluding hydrogens is 236 g/mol. The number of piperidine rings is 1. The Morgan fingerprint density at radius 1 is 1.59 bits per heavy atom. The van der Waals surface area contributed by atoms with E-state index in [-0.39, 0.29) is 5.97 Å². The largest absolute Gasteiger partial charge is 0.465 e. The van der Waals surface area contributed by atoms with Gasteiger partial charge in [-0.2, -0.15) is 0 Å². The minimum absolute atomic E-state index is 0.268. The Morgan fingerprint density at radius 3 is 3.00 bits per heavy atom. The van der Waals surface area contributed by atoms with Crippen molar-refractivity contribution < 1.29 is 9.53 Å². The SMILES string of the molecule is COC(=O)c1sc(C2CCCN(C)C2)nc1C. The van der Waals surface area contributed by atoms with Crippen molar-refractivity contribution in [3.63, 3.8) is 0 Å². The van der Waals surface area contributed by atoms with Crippen LogP contribution in [0.25, 0.3) is 0 Å². The number of esters is 1. The lowest BCUT2D eigenvalue weighted by atomic mass is 9.99. The fourth-order valence-corrected chi connectivity index (χ4v) is 3.35. The molecule has 0 aromatic carbocycles. The van der Waals surface area contributed by atoms with Gasteiger partial charge in [-0.25, -0.2) is 9.78 Å². The molecule has 0 spiro atoms. The van der Waals surface area contributed by atoms with Gasteiger partial charge in [0.25, 0.3) is 0 Å². The summed E-state index contributed by atoms with van der Waals surface area (Å²) in [6, 6.07) is 0. The standard InChI is InChI=1S/C12H18N2O2S/c1-8-10(12(15)16-3)17-11(13-8)9-5-4-6-14(2)7-9/h9H,4-7H2,1-3H3. The maximum absolute atomic E-state index is 11.5. The molecule has 94 valence electrons. The molecule has 1 atom stereocenters. The van der Waals surface area contributed by atoms with Crippen LogP contribution in [0.4, 0.5) is 0 Å². The average molecular weight is 254 g/mol. The molecule has 1 fully saturated rings. The topological polar surface area (TPSA) is 42.4 Å². The van der Waals surface area contributed by atoms with E-state index >= 15 is 0 Å². The van der Waals surface area contributed by atoms with Crippen LogP contribution in [-0.2, 0) is 4.74 Å². The lowest BCUT2D eigenvalue weighted by Crippen LogP contribution is -2.30. The summed E-state index contributed by atoms with van der Waals surface area (Å²) >= 11 is 1.49. The third-order valence-corrected chi connectivity index (χ3v) is 4.46. The number of methoxy groups -OCH3 is 1. The van der Waals surface area contributed by atoms with Crippen LogP contribution in [0.5, 0.6) is 0 Å². The monoisotopic (exact) mass is 254 g/mol. The van der Waals surface area contributed by atoms with Gasteiger partial charge in [-0.05, 0) is 33.4 Å². The van der Waals surface area contributed by atoms with Crippen molar-refractivity contribution in [2.24, 2.45) is 0 Å². The van der Waals surface area contributed by atoms with Gasteiger partial charge in [-0.15, -0.1) is 11.3 Å². The van der Waals surface area contributed by atoms with E-state index in [4.69, 9.17) is 4.74 Å². The summed E-state index contributed by atoms with van der Waals surface area (Å²) in [4.78, 5) is 19.0. The highest BCUT2D eigenvalue weighted by molar-refractivity contribution is 7.13. The van der Waals surface area contributed by atoms with E-state index in [1.165, 1.54) is 24.9 Å². The van der Waals surface area contributed by atoms with Gasteiger partial charge in [0.2, 0.25) is 0 Å². The van der Waals surface area contributed by atoms with Gasteiger partial charge in [0.15, 0.2) is 0 Å². The predicted octanol–water partition coefficient (Wildman–Crippen LogP) is 2.05. The number of nitrogens with zero attached hydrogens (tertiary/aromatic N) is 2. The molecule has 17 heavy (non-hydrogen) atoms. The second-order valence-electron chi connectivity index (χ2n) is 4.56. The van der Waals surface area contributed by atoms with Gasteiger partial charge in [0, 0.05) is 12.5 Å². The summed E-state index contributed by atoms with van der Waals surface area (Å²) in [5.74, 6) is 0.200. The van der Waals surface area contributed by atoms with E-state index in [0.29, 0.717) is 10.8 Å². The summed E-state index contributed by atoms with van der Waals surface area (Å²) in [6.45, 7) is 4.07. The number of carbonyl (C=O) groups is 1. The quantitative estimate of drug-likeness (QED) is 0.758. The fraction of sp³-hybridized carbons (Fsp3) is 0.667. The van der Waals surface area contributed by atoms with Crippen molar-refractivity contribution in [2.75, 3.05) is 27.2 Å². The summed E-state index contributed by atoms with van der Waals surface area (Å²) in [6.07, 6.45) is 2.37. The van der Waals surface area contributed by atoms with E-state index in [0.717, 1.165) is 30.2 Å². The van der Waals surface area contributed by atoms with Crippen LogP contribution in [0.3, 0.4) is 0 Å². The van der Waals surface area contributed by atoms with E-state index in [1.807, 2.05) is 6.92 Å². The Labute approximate surface area is 106 Å². The molecule has 0 bridgehead atoms. The number of rotatable bonds is 2. The van der Waals surface area contributed by atoms with Crippen molar-refractivity contribution in [1.82, 2.24) is 9.88 Å². The van der Waals surface area contributed by atoms with Crippen molar-refractivity contribution in [1.29, 1.82) is 0 Å². The number of carbonyl (C=O) groups excluding carboxylic acids is 1. The molecule has 1 unspecified atom stereocenters. The van der Waals surface area contributed by atoms with Gasteiger partial charge < -0.3 is 9.64 Å². The van der Waals surface area contributed by atoms with Gasteiger partial charge >= 0.3 is 5.97 Å². The highest BCUT2D eigenvalue weighted by Gasteiger charge is 2.24. The maximum atomic E-state index is 11.5. The van der Waals surface area contributed by atoms with E-state index < -0.39 is 0 Å². The van der Waals surface area contributed by atoms with Crippen LogP contribution in [0.1, 0.15) is 39.1 Å². The number of aryl methyl sites for hydroxylation is 1. The summed E-state index contributed by atoms with van der Waals surface area (Å²) in [5, 5.41) is 1.08. The number of likely N-dealkylation sites (N-methyl/N-ethyl adjacent to an activating group) is 1. The van der Waals surface area contributed by atoms with Gasteiger partial charge in [0.05, 0.1) is 17.8 Å². The number of hydrogen-bond acceptors (Lipinski definition) is 5. The smallest absolute Gasteiger partial charge is 0.349 e. The number of hydrogen-bond donors (Lipinski definition) is 0. The Balaban J connectivity index is 2.19. The Kier molecular flexibility index (Phi) is 3.79. The first-order chi connectivity index (χ1) is 8.11. The zero-order valence-corrected chi connectivity index (χ0v) is 11.3. The molecule has 0 N–H and O–H groups in total. The Morgan fingerprint density at radius 2 is 2.35 bits per heavy atom. The van der Waals surface area contributed by atoms with Crippen LogP contribution in [0, 0.1) is 6.92 Å². The molecule has 1 aromatic rings. The van der Waals surface area contributed by atoms with Crippen LogP contribution in [0.15, 0.2) is 0 Å². The minimum Gasteiger partial charge on any atom is -0.465 e. The lowest BCUT2D eigenvalue weighted by Gasteiger charge is -2.28. The van der Waals surface area contributed by atoms with Crippen LogP contribution in [0.2, 0.25) is 0 Å². The third kappa shape index (κ3) is 2.66. The highest BCUT2D eigenvalue weighted by Crippen LogP contribution is 2.31. The van der Waals surface area contributed by atoms with Gasteiger partial charge in [-0.1, -0.05) is 0 Å². The molecule has 1 aliphatic heterocycles. The lowest BCUT2D eigenvalue weighted by molar-refractivity contribution is 0.0605. The maximum Gasteiger partial charge on any atom is 0.349 e. The molecule has 2 heterocycles. The molecule has 4 nitrogen and oxygen atoms in total. The summed E-state index contributed by atoms with van der Waals surface area (Å²) < 4.78 is 4.76. The summed E-state index contributed by atoms with van der Waals surface area (Å²) in [5.41, 5.74) is 0.796. The molecule has 5 heteroatoms. The zero-order valence-electron chi connectivity index (χ0n) is 10.5. The average Bonchev–Trinajstić information content (AvgIpc) is 2.70. The molecular formula is C12H18N2O2S. The number of likely N-dealkylation sites (tertiary alicyclic amines) is 1.